The Hall–Kier alpha value is 1.06. The van der Waals surface area contributed by atoms with Gasteiger partial charge in [-0.1, -0.05) is 0 Å². The van der Waals surface area contributed by atoms with Gasteiger partial charge in [0.05, 0.1) is 0 Å². The first-order chi connectivity index (χ1) is 10.1. The molecule has 23 heavy (non-hydrogen) atoms. The molecule has 0 aromatic rings. The van der Waals surface area contributed by atoms with E-state index < -0.39 is 43.3 Å². The van der Waals surface area contributed by atoms with Gasteiger partial charge in [-0.15, -0.1) is 0 Å². The fourth-order valence-electron chi connectivity index (χ4n) is 2.49. The zero-order valence-corrected chi connectivity index (χ0v) is 22.4. The molecule has 0 aliphatic heterocycles. The summed E-state index contributed by atoms with van der Waals surface area (Å²) in [6.45, 7) is 20.7. The van der Waals surface area contributed by atoms with Crippen LogP contribution in [0.25, 0.3) is 0 Å². The smallest absolute Gasteiger partial charge is 0.423 e. The fourth-order valence-corrected chi connectivity index (χ4v) is 23.9. The Morgan fingerprint density at radius 3 is 1.43 bits per heavy atom. The molecule has 6 nitrogen and oxygen atoms in total. The molecule has 12 heteroatoms. The minimum Gasteiger partial charge on any atom is -0.437 e. The van der Waals surface area contributed by atoms with E-state index >= 15 is 0 Å². The minimum atomic E-state index is -2.37. The molecule has 0 atom stereocenters. The lowest BCUT2D eigenvalue weighted by Crippen LogP contribution is -2.58. The summed E-state index contributed by atoms with van der Waals surface area (Å²) in [7, 11) is -8.32. The average Bonchev–Trinajstić information content (AvgIpc) is 2.18. The van der Waals surface area contributed by atoms with Gasteiger partial charge in [0.2, 0.25) is 0 Å². The molecule has 0 heterocycles. The predicted octanol–water partition coefficient (Wildman–Crippen LogP) is 3.31. The number of hydrogen-bond donors (Lipinski definition) is 0. The Labute approximate surface area is 151 Å². The van der Waals surface area contributed by atoms with E-state index in [0.29, 0.717) is 0 Å². The van der Waals surface area contributed by atoms with Crippen LogP contribution in [0, 0.1) is 0 Å². The SMILES string of the molecule is CO[Si]O[Si](C)(C)O[Si](C)(C)O[Si](C)(C)O[Si](C)(C)O[Si](C)C. The molecule has 0 bridgehead atoms. The lowest BCUT2D eigenvalue weighted by Gasteiger charge is -2.40. The molecule has 0 aliphatic rings. The molecule has 0 spiro atoms. The normalized spacial score (nSPS) is 14.6. The molecule has 0 unspecified atom stereocenters. The van der Waals surface area contributed by atoms with E-state index in [2.05, 4.69) is 39.3 Å². The average molecular weight is 430 g/mol. The van der Waals surface area contributed by atoms with Crippen LogP contribution < -0.4 is 0 Å². The first kappa shape index (κ1) is 24.1. The molecule has 0 saturated heterocycles. The van der Waals surface area contributed by atoms with E-state index in [1.54, 1.807) is 7.11 Å². The Bertz CT molecular complexity index is 363. The highest BCUT2D eigenvalue weighted by Crippen LogP contribution is 2.24. The van der Waals surface area contributed by atoms with Crippen molar-refractivity contribution in [2.45, 2.75) is 65.5 Å². The van der Waals surface area contributed by atoms with E-state index in [0.717, 1.165) is 0 Å². The molecular weight excluding hydrogens is 397 g/mol. The van der Waals surface area contributed by atoms with Gasteiger partial charge in [-0.2, -0.15) is 0 Å². The molecule has 0 N–H and O–H groups in total. The standard InChI is InChI=1S/C11H33O6Si6/c1-12-18-13-20(4,5)15-22(8,9)17-23(10,11)16-21(6,7)14-19(2)3/h1-11H3. The third-order valence-electron chi connectivity index (χ3n) is 2.30. The summed E-state index contributed by atoms with van der Waals surface area (Å²) in [5.41, 5.74) is 0. The topological polar surface area (TPSA) is 55.4 Å². The number of rotatable bonds is 11. The van der Waals surface area contributed by atoms with Crippen LogP contribution in [0.3, 0.4) is 0 Å². The van der Waals surface area contributed by atoms with Crippen LogP contribution in [-0.2, 0) is 25.0 Å². The Balaban J connectivity index is 4.79. The molecule has 0 aromatic heterocycles. The lowest BCUT2D eigenvalue weighted by molar-refractivity contribution is 0.274. The summed E-state index contributed by atoms with van der Waals surface area (Å²) < 4.78 is 35.7. The van der Waals surface area contributed by atoms with Crippen molar-refractivity contribution < 1.29 is 25.0 Å². The predicted molar refractivity (Wildman–Crippen MR) is 106 cm³/mol. The lowest BCUT2D eigenvalue weighted by atomic mass is 11.8. The minimum absolute atomic E-state index is 0.00211. The molecule has 0 aromatic carbocycles. The first-order valence-electron chi connectivity index (χ1n) is 7.65. The zero-order valence-electron chi connectivity index (χ0n) is 16.4. The van der Waals surface area contributed by atoms with Crippen LogP contribution in [0.4, 0.5) is 0 Å². The molecule has 0 rings (SSSR count). The second-order valence-corrected chi connectivity index (χ2v) is 25.0. The van der Waals surface area contributed by atoms with Crippen molar-refractivity contribution in [1.82, 2.24) is 0 Å². The summed E-state index contributed by atoms with van der Waals surface area (Å²) in [4.78, 5) is 0. The van der Waals surface area contributed by atoms with Gasteiger partial charge in [0.15, 0.2) is 9.04 Å². The summed E-state index contributed by atoms with van der Waals surface area (Å²) in [5.74, 6) is 0. The van der Waals surface area contributed by atoms with E-state index in [1.165, 1.54) is 0 Å². The highest BCUT2D eigenvalue weighted by molar-refractivity contribution is 6.88. The zero-order chi connectivity index (χ0) is 18.5. The van der Waals surface area contributed by atoms with Crippen molar-refractivity contribution in [3.05, 3.63) is 0 Å². The summed E-state index contributed by atoms with van der Waals surface area (Å²) >= 11 is 0. The molecule has 0 saturated carbocycles. The Morgan fingerprint density at radius 1 is 0.652 bits per heavy atom. The van der Waals surface area contributed by atoms with Gasteiger partial charge < -0.3 is 25.0 Å². The van der Waals surface area contributed by atoms with Gasteiger partial charge in [-0.3, -0.25) is 0 Å². The molecule has 0 amide bonds. The highest BCUT2D eigenvalue weighted by Gasteiger charge is 2.44. The van der Waals surface area contributed by atoms with Gasteiger partial charge >= 0.3 is 44.3 Å². The van der Waals surface area contributed by atoms with Gasteiger partial charge in [0, 0.05) is 7.11 Å². The van der Waals surface area contributed by atoms with Gasteiger partial charge in [0.25, 0.3) is 0 Å². The maximum atomic E-state index is 6.37. The van der Waals surface area contributed by atoms with Crippen LogP contribution in [0.1, 0.15) is 0 Å². The maximum Gasteiger partial charge on any atom is 0.423 e. The van der Waals surface area contributed by atoms with Crippen LogP contribution in [-0.4, -0.2) is 60.4 Å². The molecular formula is C11H33O6Si6. The largest absolute Gasteiger partial charge is 0.437 e. The Morgan fingerprint density at radius 2 is 1.04 bits per heavy atom. The highest BCUT2D eigenvalue weighted by atomic mass is 28.5. The van der Waals surface area contributed by atoms with Crippen molar-refractivity contribution in [2.75, 3.05) is 7.11 Å². The second kappa shape index (κ2) is 9.13. The van der Waals surface area contributed by atoms with Gasteiger partial charge in [-0.25, -0.2) is 0 Å². The van der Waals surface area contributed by atoms with Crippen LogP contribution >= 0.6 is 0 Å². The third kappa shape index (κ3) is 12.1. The van der Waals surface area contributed by atoms with Crippen molar-refractivity contribution in [2.24, 2.45) is 0 Å². The van der Waals surface area contributed by atoms with Crippen LogP contribution in [0.15, 0.2) is 0 Å². The van der Waals surface area contributed by atoms with Crippen molar-refractivity contribution in [1.29, 1.82) is 0 Å². The number of hydrogen-bond acceptors (Lipinski definition) is 6. The van der Waals surface area contributed by atoms with E-state index in [1.807, 2.05) is 26.2 Å². The maximum absolute atomic E-state index is 6.37. The van der Waals surface area contributed by atoms with Crippen molar-refractivity contribution >= 4 is 53.3 Å². The summed E-state index contributed by atoms with van der Waals surface area (Å²) in [6, 6.07) is 0. The van der Waals surface area contributed by atoms with Crippen LogP contribution in [0.2, 0.25) is 65.5 Å². The summed E-state index contributed by atoms with van der Waals surface area (Å²) in [5, 5.41) is 0. The Kier molecular flexibility index (Phi) is 9.55. The fraction of sp³-hybridized carbons (Fsp3) is 1.00. The van der Waals surface area contributed by atoms with E-state index in [-0.39, 0.29) is 10.0 Å². The molecule has 3 radical (unpaired) electrons. The summed E-state index contributed by atoms with van der Waals surface area (Å²) in [6.07, 6.45) is 0. The van der Waals surface area contributed by atoms with Crippen LogP contribution in [0.5, 0.6) is 0 Å². The third-order valence-corrected chi connectivity index (χ3v) is 20.2. The van der Waals surface area contributed by atoms with E-state index in [9.17, 15) is 0 Å². The monoisotopic (exact) mass is 429 g/mol. The van der Waals surface area contributed by atoms with Gasteiger partial charge in [-0.05, 0) is 65.5 Å². The molecule has 0 aliphatic carbocycles. The molecule has 137 valence electrons. The molecule has 0 fully saturated rings. The van der Waals surface area contributed by atoms with Crippen molar-refractivity contribution in [3.63, 3.8) is 0 Å². The first-order valence-corrected chi connectivity index (χ1v) is 22.1. The second-order valence-electron chi connectivity index (χ2n) is 7.31. The van der Waals surface area contributed by atoms with Crippen molar-refractivity contribution in [3.8, 4) is 0 Å². The van der Waals surface area contributed by atoms with Gasteiger partial charge in [0.1, 0.15) is 0 Å². The quantitative estimate of drug-likeness (QED) is 0.470. The van der Waals surface area contributed by atoms with E-state index in [4.69, 9.17) is 25.0 Å².